The van der Waals surface area contributed by atoms with Crippen LogP contribution in [-0.4, -0.2) is 11.9 Å². The lowest BCUT2D eigenvalue weighted by Crippen LogP contribution is -2.25. The maximum absolute atomic E-state index is 5.97. The highest BCUT2D eigenvalue weighted by molar-refractivity contribution is 7.99. The molecule has 0 atom stereocenters. The second kappa shape index (κ2) is 5.60. The van der Waals surface area contributed by atoms with E-state index in [4.69, 9.17) is 10.5 Å². The van der Waals surface area contributed by atoms with E-state index in [9.17, 15) is 0 Å². The maximum Gasteiger partial charge on any atom is 0.125 e. The average molecular weight is 237 g/mol. The fraction of sp³-hybridized carbons (Fsp3) is 0.538. The summed E-state index contributed by atoms with van der Waals surface area (Å²) in [5.41, 5.74) is 6.99. The van der Waals surface area contributed by atoms with Crippen LogP contribution in [-0.2, 0) is 6.54 Å². The molecular weight excluding hydrogens is 218 g/mol. The van der Waals surface area contributed by atoms with Crippen LogP contribution in [0.4, 0.5) is 0 Å². The van der Waals surface area contributed by atoms with Crippen molar-refractivity contribution < 1.29 is 4.74 Å². The summed E-state index contributed by atoms with van der Waals surface area (Å²) in [4.78, 5) is 1.27. The molecule has 2 rings (SSSR count). The summed E-state index contributed by atoms with van der Waals surface area (Å²) in [6, 6.07) is 6.23. The van der Waals surface area contributed by atoms with Gasteiger partial charge in [0.2, 0.25) is 0 Å². The van der Waals surface area contributed by atoms with Crippen molar-refractivity contribution in [3.8, 4) is 5.75 Å². The first-order valence-corrected chi connectivity index (χ1v) is 6.95. The molecule has 1 aliphatic rings. The van der Waals surface area contributed by atoms with Crippen LogP contribution in [0.5, 0.6) is 5.75 Å². The highest BCUT2D eigenvalue weighted by Gasteiger charge is 2.20. The zero-order chi connectivity index (χ0) is 11.4. The van der Waals surface area contributed by atoms with E-state index in [-0.39, 0.29) is 0 Å². The van der Waals surface area contributed by atoms with Crippen molar-refractivity contribution in [1.29, 1.82) is 0 Å². The number of rotatable bonds is 5. The topological polar surface area (TPSA) is 35.2 Å². The monoisotopic (exact) mass is 237 g/mol. The van der Waals surface area contributed by atoms with Crippen LogP contribution in [0.25, 0.3) is 0 Å². The van der Waals surface area contributed by atoms with E-state index < -0.39 is 0 Å². The molecule has 1 fully saturated rings. The van der Waals surface area contributed by atoms with E-state index in [1.807, 2.05) is 17.8 Å². The Labute approximate surface area is 102 Å². The van der Waals surface area contributed by atoms with Crippen LogP contribution in [0.1, 0.15) is 31.7 Å². The van der Waals surface area contributed by atoms with E-state index in [0.717, 1.165) is 11.5 Å². The molecule has 88 valence electrons. The fourth-order valence-electron chi connectivity index (χ4n) is 1.82. The summed E-state index contributed by atoms with van der Waals surface area (Å²) in [5.74, 6) is 2.06. The molecule has 16 heavy (non-hydrogen) atoms. The normalized spacial score (nSPS) is 15.9. The predicted octanol–water partition coefficient (Wildman–Crippen LogP) is 3.19. The second-order valence-corrected chi connectivity index (χ2v) is 5.35. The number of hydrogen-bond donors (Lipinski definition) is 1. The first kappa shape index (κ1) is 11.8. The van der Waals surface area contributed by atoms with Crippen LogP contribution in [0, 0.1) is 0 Å². The summed E-state index contributed by atoms with van der Waals surface area (Å²) in [5, 5.41) is 0. The Morgan fingerprint density at radius 1 is 1.44 bits per heavy atom. The highest BCUT2D eigenvalue weighted by atomic mass is 32.2. The van der Waals surface area contributed by atoms with Crippen molar-refractivity contribution >= 4 is 11.8 Å². The van der Waals surface area contributed by atoms with Gasteiger partial charge in [-0.3, -0.25) is 0 Å². The van der Waals surface area contributed by atoms with E-state index in [1.165, 1.54) is 29.7 Å². The van der Waals surface area contributed by atoms with Gasteiger partial charge in [-0.25, -0.2) is 0 Å². The van der Waals surface area contributed by atoms with Crippen LogP contribution in [0.3, 0.4) is 0 Å². The summed E-state index contributed by atoms with van der Waals surface area (Å²) >= 11 is 1.83. The summed E-state index contributed by atoms with van der Waals surface area (Å²) in [7, 11) is 0. The molecule has 1 aromatic carbocycles. The lowest BCUT2D eigenvalue weighted by Gasteiger charge is -2.27. The van der Waals surface area contributed by atoms with E-state index in [2.05, 4.69) is 19.1 Å². The van der Waals surface area contributed by atoms with Crippen molar-refractivity contribution in [2.24, 2.45) is 5.73 Å². The zero-order valence-electron chi connectivity index (χ0n) is 9.74. The minimum Gasteiger partial charge on any atom is -0.490 e. The SMILES string of the molecule is CCSc1cccc(OC2CCC2)c1CN. The number of ether oxygens (including phenoxy) is 1. The maximum atomic E-state index is 5.97. The van der Waals surface area contributed by atoms with Crippen LogP contribution in [0.2, 0.25) is 0 Å². The molecule has 0 aliphatic heterocycles. The Morgan fingerprint density at radius 2 is 2.25 bits per heavy atom. The van der Waals surface area contributed by atoms with Crippen molar-refractivity contribution in [2.45, 2.75) is 43.7 Å². The number of benzene rings is 1. The largest absolute Gasteiger partial charge is 0.490 e. The number of thioether (sulfide) groups is 1. The summed E-state index contributed by atoms with van der Waals surface area (Å²) < 4.78 is 5.97. The molecule has 0 spiro atoms. The quantitative estimate of drug-likeness (QED) is 0.799. The zero-order valence-corrected chi connectivity index (χ0v) is 10.6. The molecule has 0 saturated heterocycles. The summed E-state index contributed by atoms with van der Waals surface area (Å²) in [6.07, 6.45) is 4.10. The van der Waals surface area contributed by atoms with Crippen molar-refractivity contribution in [1.82, 2.24) is 0 Å². The lowest BCUT2D eigenvalue weighted by atomic mass is 9.96. The van der Waals surface area contributed by atoms with E-state index >= 15 is 0 Å². The third-order valence-corrected chi connectivity index (χ3v) is 3.92. The van der Waals surface area contributed by atoms with Gasteiger partial charge in [0.25, 0.3) is 0 Å². The second-order valence-electron chi connectivity index (χ2n) is 4.04. The molecule has 1 aromatic rings. The minimum atomic E-state index is 0.423. The molecule has 0 heterocycles. The van der Waals surface area contributed by atoms with Gasteiger partial charge in [-0.05, 0) is 37.1 Å². The van der Waals surface area contributed by atoms with Gasteiger partial charge < -0.3 is 10.5 Å². The third-order valence-electron chi connectivity index (χ3n) is 2.94. The molecular formula is C13H19NOS. The Hall–Kier alpha value is -0.670. The van der Waals surface area contributed by atoms with Crippen molar-refractivity contribution in [3.05, 3.63) is 23.8 Å². The van der Waals surface area contributed by atoms with Gasteiger partial charge >= 0.3 is 0 Å². The molecule has 0 amide bonds. The third kappa shape index (κ3) is 2.53. The predicted molar refractivity (Wildman–Crippen MR) is 69.0 cm³/mol. The molecule has 3 heteroatoms. The first-order valence-electron chi connectivity index (χ1n) is 5.96. The van der Waals surface area contributed by atoms with Gasteiger partial charge in [-0.1, -0.05) is 13.0 Å². The first-order chi connectivity index (χ1) is 7.85. The van der Waals surface area contributed by atoms with Gasteiger partial charge in [0, 0.05) is 17.0 Å². The molecule has 2 nitrogen and oxygen atoms in total. The van der Waals surface area contributed by atoms with Gasteiger partial charge in [0.1, 0.15) is 5.75 Å². The lowest BCUT2D eigenvalue weighted by molar-refractivity contribution is 0.118. The molecule has 0 radical (unpaired) electrons. The summed E-state index contributed by atoms with van der Waals surface area (Å²) in [6.45, 7) is 2.72. The van der Waals surface area contributed by atoms with Crippen LogP contribution in [0.15, 0.2) is 23.1 Å². The average Bonchev–Trinajstić information content (AvgIpc) is 2.24. The molecule has 0 aromatic heterocycles. The standard InChI is InChI=1S/C13H19NOS/c1-2-16-13-8-4-7-12(11(13)9-14)15-10-5-3-6-10/h4,7-8,10H,2-3,5-6,9,14H2,1H3. The Balaban J connectivity index is 2.17. The number of nitrogens with two attached hydrogens (primary N) is 1. The number of hydrogen-bond acceptors (Lipinski definition) is 3. The van der Waals surface area contributed by atoms with Gasteiger partial charge in [-0.2, -0.15) is 0 Å². The van der Waals surface area contributed by atoms with Gasteiger partial charge in [0.15, 0.2) is 0 Å². The van der Waals surface area contributed by atoms with Crippen LogP contribution < -0.4 is 10.5 Å². The molecule has 1 saturated carbocycles. The Bertz CT molecular complexity index is 350. The molecule has 0 unspecified atom stereocenters. The van der Waals surface area contributed by atoms with E-state index in [0.29, 0.717) is 12.6 Å². The minimum absolute atomic E-state index is 0.423. The van der Waals surface area contributed by atoms with Crippen molar-refractivity contribution in [3.63, 3.8) is 0 Å². The molecule has 2 N–H and O–H groups in total. The van der Waals surface area contributed by atoms with Gasteiger partial charge in [-0.15, -0.1) is 11.8 Å². The van der Waals surface area contributed by atoms with Crippen LogP contribution >= 0.6 is 11.8 Å². The smallest absolute Gasteiger partial charge is 0.125 e. The Kier molecular flexibility index (Phi) is 4.13. The molecule has 0 bridgehead atoms. The Morgan fingerprint density at radius 3 is 2.81 bits per heavy atom. The molecule has 1 aliphatic carbocycles. The van der Waals surface area contributed by atoms with Crippen molar-refractivity contribution in [2.75, 3.05) is 5.75 Å². The highest BCUT2D eigenvalue weighted by Crippen LogP contribution is 2.33. The fourth-order valence-corrected chi connectivity index (χ4v) is 2.66. The van der Waals surface area contributed by atoms with E-state index in [1.54, 1.807) is 0 Å². The van der Waals surface area contributed by atoms with Gasteiger partial charge in [0.05, 0.1) is 6.10 Å².